The van der Waals surface area contributed by atoms with Gasteiger partial charge in [0.15, 0.2) is 5.60 Å². The molecule has 0 aliphatic carbocycles. The summed E-state index contributed by atoms with van der Waals surface area (Å²) in [4.78, 5) is 21.4. The van der Waals surface area contributed by atoms with Gasteiger partial charge in [-0.25, -0.2) is 4.79 Å². The van der Waals surface area contributed by atoms with Crippen LogP contribution in [-0.2, 0) is 9.59 Å². The van der Waals surface area contributed by atoms with Gasteiger partial charge in [-0.1, -0.05) is 24.3 Å². The van der Waals surface area contributed by atoms with Crippen LogP contribution in [0.15, 0.2) is 30.3 Å². The first kappa shape index (κ1) is 14.7. The topological polar surface area (TPSA) is 115 Å². The van der Waals surface area contributed by atoms with Crippen molar-refractivity contribution in [2.45, 2.75) is 18.4 Å². The van der Waals surface area contributed by atoms with Crippen LogP contribution in [0.4, 0.5) is 0 Å². The van der Waals surface area contributed by atoms with Gasteiger partial charge in [0, 0.05) is 6.42 Å². The Labute approximate surface area is 109 Å². The molecule has 0 fully saturated rings. The SMILES string of the molecule is O=C(O)CC(O)(C/C=C/c1ccc(O)cc1)C(=O)O. The highest BCUT2D eigenvalue weighted by Gasteiger charge is 2.37. The zero-order chi connectivity index (χ0) is 14.5. The molecule has 19 heavy (non-hydrogen) atoms. The lowest BCUT2D eigenvalue weighted by atomic mass is 9.95. The lowest BCUT2D eigenvalue weighted by molar-refractivity contribution is -0.164. The second-order valence-corrected chi connectivity index (χ2v) is 4.11. The number of carboxylic acid groups (broad SMARTS) is 2. The van der Waals surface area contributed by atoms with E-state index in [1.807, 2.05) is 0 Å². The number of aliphatic carboxylic acids is 2. The smallest absolute Gasteiger partial charge is 0.336 e. The van der Waals surface area contributed by atoms with E-state index in [-0.39, 0.29) is 12.2 Å². The minimum Gasteiger partial charge on any atom is -0.508 e. The largest absolute Gasteiger partial charge is 0.508 e. The van der Waals surface area contributed by atoms with E-state index in [1.165, 1.54) is 24.3 Å². The van der Waals surface area contributed by atoms with Gasteiger partial charge in [-0.15, -0.1) is 0 Å². The van der Waals surface area contributed by atoms with E-state index < -0.39 is 24.0 Å². The molecule has 0 spiro atoms. The average molecular weight is 266 g/mol. The number of benzene rings is 1. The number of hydrogen-bond acceptors (Lipinski definition) is 4. The summed E-state index contributed by atoms with van der Waals surface area (Å²) in [7, 11) is 0. The summed E-state index contributed by atoms with van der Waals surface area (Å²) in [6, 6.07) is 6.12. The summed E-state index contributed by atoms with van der Waals surface area (Å²) in [5.74, 6) is -2.86. The minimum atomic E-state index is -2.32. The van der Waals surface area contributed by atoms with Gasteiger partial charge in [0.25, 0.3) is 0 Å². The molecular weight excluding hydrogens is 252 g/mol. The number of hydrogen-bond donors (Lipinski definition) is 4. The molecule has 0 saturated carbocycles. The van der Waals surface area contributed by atoms with E-state index in [1.54, 1.807) is 12.1 Å². The number of phenols is 1. The van der Waals surface area contributed by atoms with Crippen LogP contribution in [0.5, 0.6) is 5.75 Å². The van der Waals surface area contributed by atoms with Crippen molar-refractivity contribution in [1.29, 1.82) is 0 Å². The van der Waals surface area contributed by atoms with Gasteiger partial charge >= 0.3 is 11.9 Å². The summed E-state index contributed by atoms with van der Waals surface area (Å²) in [6.45, 7) is 0. The van der Waals surface area contributed by atoms with Gasteiger partial charge in [-0.3, -0.25) is 4.79 Å². The van der Waals surface area contributed by atoms with E-state index in [9.17, 15) is 14.7 Å². The summed E-state index contributed by atoms with van der Waals surface area (Å²) in [6.07, 6.45) is 1.72. The maximum atomic E-state index is 10.9. The van der Waals surface area contributed by atoms with Crippen molar-refractivity contribution in [3.63, 3.8) is 0 Å². The second-order valence-electron chi connectivity index (χ2n) is 4.11. The molecular formula is C13H14O6. The molecule has 1 rings (SSSR count). The van der Waals surface area contributed by atoms with Crippen molar-refractivity contribution in [1.82, 2.24) is 0 Å². The molecule has 0 radical (unpaired) electrons. The van der Waals surface area contributed by atoms with Crippen molar-refractivity contribution in [3.05, 3.63) is 35.9 Å². The van der Waals surface area contributed by atoms with Gasteiger partial charge in [0.1, 0.15) is 5.75 Å². The van der Waals surface area contributed by atoms with Crippen LogP contribution >= 0.6 is 0 Å². The molecule has 1 atom stereocenters. The Bertz CT molecular complexity index is 490. The Morgan fingerprint density at radius 3 is 2.21 bits per heavy atom. The zero-order valence-electron chi connectivity index (χ0n) is 9.98. The minimum absolute atomic E-state index is 0.102. The lowest BCUT2D eigenvalue weighted by Crippen LogP contribution is -2.40. The molecule has 1 aromatic rings. The predicted molar refractivity (Wildman–Crippen MR) is 66.6 cm³/mol. The maximum Gasteiger partial charge on any atom is 0.336 e. The predicted octanol–water partition coefficient (Wildman–Crippen LogP) is 1.09. The van der Waals surface area contributed by atoms with Gasteiger partial charge in [-0.2, -0.15) is 0 Å². The summed E-state index contributed by atoms with van der Waals surface area (Å²) in [5, 5.41) is 36.2. The molecule has 0 bridgehead atoms. The number of phenolic OH excluding ortho intramolecular Hbond substituents is 1. The van der Waals surface area contributed by atoms with Crippen LogP contribution in [0, 0.1) is 0 Å². The Morgan fingerprint density at radius 1 is 1.16 bits per heavy atom. The Morgan fingerprint density at radius 2 is 1.74 bits per heavy atom. The number of aromatic hydroxyl groups is 1. The molecule has 102 valence electrons. The Kier molecular flexibility index (Phi) is 4.66. The molecule has 0 aromatic heterocycles. The monoisotopic (exact) mass is 266 g/mol. The van der Waals surface area contributed by atoms with Gasteiger partial charge < -0.3 is 20.4 Å². The van der Waals surface area contributed by atoms with E-state index in [0.29, 0.717) is 5.56 Å². The highest BCUT2D eigenvalue weighted by molar-refractivity contribution is 5.84. The average Bonchev–Trinajstić information content (AvgIpc) is 2.30. The van der Waals surface area contributed by atoms with Crippen LogP contribution in [0.3, 0.4) is 0 Å². The lowest BCUT2D eigenvalue weighted by Gasteiger charge is -2.19. The molecule has 0 saturated heterocycles. The molecule has 6 heteroatoms. The first-order chi connectivity index (χ1) is 8.83. The van der Waals surface area contributed by atoms with Gasteiger partial charge in [-0.05, 0) is 17.7 Å². The summed E-state index contributed by atoms with van der Waals surface area (Å²) in [5.41, 5.74) is -1.62. The number of carboxylic acids is 2. The van der Waals surface area contributed by atoms with Crippen LogP contribution in [0.25, 0.3) is 6.08 Å². The first-order valence-corrected chi connectivity index (χ1v) is 5.46. The van der Waals surface area contributed by atoms with E-state index in [0.717, 1.165) is 0 Å². The maximum absolute atomic E-state index is 10.9. The van der Waals surface area contributed by atoms with Gasteiger partial charge in [0.2, 0.25) is 0 Å². The highest BCUT2D eigenvalue weighted by atomic mass is 16.4. The summed E-state index contributed by atoms with van der Waals surface area (Å²) < 4.78 is 0. The first-order valence-electron chi connectivity index (χ1n) is 5.46. The van der Waals surface area contributed by atoms with Crippen molar-refractivity contribution >= 4 is 18.0 Å². The van der Waals surface area contributed by atoms with Crippen molar-refractivity contribution in [2.24, 2.45) is 0 Å². The number of rotatable bonds is 6. The standard InChI is InChI=1S/C13H14O6/c14-10-5-3-9(4-6-10)2-1-7-13(19,12(17)18)8-11(15)16/h1-6,14,19H,7-8H2,(H,15,16)(H,17,18)/b2-1+. The number of aliphatic hydroxyl groups is 1. The quantitative estimate of drug-likeness (QED) is 0.612. The van der Waals surface area contributed by atoms with E-state index in [2.05, 4.69) is 0 Å². The molecule has 0 amide bonds. The molecule has 0 aliphatic rings. The van der Waals surface area contributed by atoms with Crippen molar-refractivity contribution in [2.75, 3.05) is 0 Å². The summed E-state index contributed by atoms with van der Waals surface area (Å²) >= 11 is 0. The third-order valence-corrected chi connectivity index (χ3v) is 2.50. The van der Waals surface area contributed by atoms with Crippen LogP contribution in [0.1, 0.15) is 18.4 Å². The van der Waals surface area contributed by atoms with Crippen molar-refractivity contribution < 1.29 is 30.0 Å². The zero-order valence-corrected chi connectivity index (χ0v) is 9.98. The molecule has 1 aromatic carbocycles. The van der Waals surface area contributed by atoms with Crippen LogP contribution in [0.2, 0.25) is 0 Å². The Hall–Kier alpha value is -2.34. The fourth-order valence-corrected chi connectivity index (χ4v) is 1.46. The second kappa shape index (κ2) is 6.01. The number of carbonyl (C=O) groups is 2. The Balaban J connectivity index is 2.73. The highest BCUT2D eigenvalue weighted by Crippen LogP contribution is 2.18. The molecule has 0 aliphatic heterocycles. The van der Waals surface area contributed by atoms with Crippen LogP contribution < -0.4 is 0 Å². The van der Waals surface area contributed by atoms with Crippen LogP contribution in [-0.4, -0.2) is 38.0 Å². The third kappa shape index (κ3) is 4.44. The van der Waals surface area contributed by atoms with Crippen molar-refractivity contribution in [3.8, 4) is 5.75 Å². The fraction of sp³-hybridized carbons (Fsp3) is 0.231. The van der Waals surface area contributed by atoms with E-state index >= 15 is 0 Å². The van der Waals surface area contributed by atoms with E-state index in [4.69, 9.17) is 15.3 Å². The molecule has 4 N–H and O–H groups in total. The molecule has 6 nitrogen and oxygen atoms in total. The molecule has 0 heterocycles. The normalized spacial score (nSPS) is 14.2. The fourth-order valence-electron chi connectivity index (χ4n) is 1.46. The van der Waals surface area contributed by atoms with Gasteiger partial charge in [0.05, 0.1) is 6.42 Å². The molecule has 1 unspecified atom stereocenters. The third-order valence-electron chi connectivity index (χ3n) is 2.50.